The number of amides is 1. The van der Waals surface area contributed by atoms with E-state index in [-0.39, 0.29) is 12.0 Å². The molecule has 1 aliphatic heterocycles. The van der Waals surface area contributed by atoms with E-state index in [4.69, 9.17) is 4.74 Å². The topological polar surface area (TPSA) is 83.0 Å². The maximum absolute atomic E-state index is 11.8. The van der Waals surface area contributed by atoms with Gasteiger partial charge in [-0.05, 0) is 33.6 Å². The molecule has 0 radical (unpaired) electrons. The van der Waals surface area contributed by atoms with Crippen molar-refractivity contribution in [1.29, 1.82) is 0 Å². The molecule has 3 atom stereocenters. The predicted molar refractivity (Wildman–Crippen MR) is 74.7 cm³/mol. The number of alkyl carbamates (subject to hydrolysis) is 1. The highest BCUT2D eigenvalue weighted by Gasteiger charge is 2.35. The molecule has 6 nitrogen and oxygen atoms in total. The van der Waals surface area contributed by atoms with E-state index in [1.54, 1.807) is 0 Å². The van der Waals surface area contributed by atoms with Crippen LogP contribution in [-0.2, 0) is 4.74 Å². The Labute approximate surface area is 117 Å². The molecule has 108 valence electrons. The number of carbonyl (C=O) groups excluding carboxylic acids is 1. The van der Waals surface area contributed by atoms with Gasteiger partial charge in [-0.15, -0.1) is 0 Å². The number of rotatable bonds is 2. The van der Waals surface area contributed by atoms with Gasteiger partial charge in [0.1, 0.15) is 11.4 Å². The van der Waals surface area contributed by atoms with Gasteiger partial charge in [-0.2, -0.15) is 0 Å². The molecule has 1 saturated carbocycles. The first-order valence-electron chi connectivity index (χ1n) is 6.52. The second-order valence-corrected chi connectivity index (χ2v) is 6.71. The lowest BCUT2D eigenvalue weighted by Gasteiger charge is -2.24. The zero-order valence-electron chi connectivity index (χ0n) is 11.5. The maximum atomic E-state index is 11.8. The number of aliphatic hydroxyl groups is 1. The summed E-state index contributed by atoms with van der Waals surface area (Å²) < 4.78 is 8.29. The molecule has 1 unspecified atom stereocenters. The van der Waals surface area contributed by atoms with Crippen LogP contribution in [0.5, 0.6) is 0 Å². The van der Waals surface area contributed by atoms with Crippen LogP contribution in [0.3, 0.4) is 0 Å². The van der Waals surface area contributed by atoms with E-state index in [0.29, 0.717) is 0 Å². The van der Waals surface area contributed by atoms with E-state index < -0.39 is 17.3 Å². The van der Waals surface area contributed by atoms with Crippen molar-refractivity contribution < 1.29 is 14.6 Å². The summed E-state index contributed by atoms with van der Waals surface area (Å²) in [7, 11) is 0. The summed E-state index contributed by atoms with van der Waals surface area (Å²) in [5, 5.41) is 12.3. The molecular formula is C12H21N3O3S. The minimum atomic E-state index is -0.738. The fourth-order valence-electron chi connectivity index (χ4n) is 2.38. The number of aliphatic hydroxyl groups excluding tert-OH is 1. The molecule has 2 rings (SSSR count). The summed E-state index contributed by atoms with van der Waals surface area (Å²) in [4.78, 5) is 15.9. The van der Waals surface area contributed by atoms with Gasteiger partial charge >= 0.3 is 6.09 Å². The summed E-state index contributed by atoms with van der Waals surface area (Å²) in [6.45, 7) is 5.52. The SMILES string of the molecule is CC(C)(C)OC(=O)N[C@H]1CCC[C@H]1C1=NC(O)SN1. The average molecular weight is 287 g/mol. The Morgan fingerprint density at radius 1 is 1.53 bits per heavy atom. The Morgan fingerprint density at radius 2 is 2.26 bits per heavy atom. The lowest BCUT2D eigenvalue weighted by Crippen LogP contribution is -2.44. The van der Waals surface area contributed by atoms with Crippen molar-refractivity contribution in [3.8, 4) is 0 Å². The van der Waals surface area contributed by atoms with E-state index in [2.05, 4.69) is 15.0 Å². The zero-order chi connectivity index (χ0) is 14.0. The first-order valence-corrected chi connectivity index (χ1v) is 7.40. The second kappa shape index (κ2) is 5.58. The third-order valence-corrected chi connectivity index (χ3v) is 3.73. The Bertz CT molecular complexity index is 381. The second-order valence-electron chi connectivity index (χ2n) is 5.85. The van der Waals surface area contributed by atoms with Gasteiger partial charge in [-0.3, -0.25) is 0 Å². The maximum Gasteiger partial charge on any atom is 0.407 e. The molecule has 7 heteroatoms. The number of carbonyl (C=O) groups is 1. The molecular weight excluding hydrogens is 266 g/mol. The van der Waals surface area contributed by atoms with Crippen LogP contribution in [0.2, 0.25) is 0 Å². The van der Waals surface area contributed by atoms with Gasteiger partial charge in [0.15, 0.2) is 0 Å². The van der Waals surface area contributed by atoms with Crippen molar-refractivity contribution in [2.75, 3.05) is 0 Å². The number of ether oxygens (including phenoxy) is 1. The van der Waals surface area contributed by atoms with Gasteiger partial charge in [-0.1, -0.05) is 6.42 Å². The molecule has 0 saturated heterocycles. The molecule has 1 heterocycles. The smallest absolute Gasteiger partial charge is 0.407 e. The van der Waals surface area contributed by atoms with E-state index in [0.717, 1.165) is 25.1 Å². The standard InChI is InChI=1S/C12H21N3O3S/c1-12(2,3)18-10(16)13-8-6-4-5-7(8)9-14-11(17)19-15-9/h7-8,11,17H,4-6H2,1-3H3,(H,13,16)(H,14,15)/t7-,8+,11?/m1/s1. The first kappa shape index (κ1) is 14.5. The summed E-state index contributed by atoms with van der Waals surface area (Å²) in [6.07, 6.45) is 2.51. The number of hydrogen-bond acceptors (Lipinski definition) is 6. The van der Waals surface area contributed by atoms with Crippen LogP contribution in [0.4, 0.5) is 4.79 Å². The molecule has 3 N–H and O–H groups in total. The van der Waals surface area contributed by atoms with Crippen molar-refractivity contribution >= 4 is 23.9 Å². The lowest BCUT2D eigenvalue weighted by molar-refractivity contribution is 0.0500. The number of hydrogen-bond donors (Lipinski definition) is 3. The Morgan fingerprint density at radius 3 is 2.84 bits per heavy atom. The summed E-state index contributed by atoms with van der Waals surface area (Å²) in [5.74, 6) is 0.910. The van der Waals surface area contributed by atoms with Crippen molar-refractivity contribution in [2.45, 2.75) is 57.2 Å². The van der Waals surface area contributed by atoms with Gasteiger partial charge in [0, 0.05) is 23.9 Å². The normalized spacial score (nSPS) is 30.7. The average Bonchev–Trinajstić information content (AvgIpc) is 2.83. The summed E-state index contributed by atoms with van der Waals surface area (Å²) in [6, 6.07) is 0.0204. The van der Waals surface area contributed by atoms with Crippen molar-refractivity contribution in [3.05, 3.63) is 0 Å². The number of nitrogens with one attached hydrogen (secondary N) is 2. The third kappa shape index (κ3) is 4.01. The van der Waals surface area contributed by atoms with Crippen LogP contribution in [-0.4, -0.2) is 34.2 Å². The highest BCUT2D eigenvalue weighted by Crippen LogP contribution is 2.30. The Hall–Kier alpha value is -0.950. The predicted octanol–water partition coefficient (Wildman–Crippen LogP) is 1.61. The van der Waals surface area contributed by atoms with Gasteiger partial charge in [-0.25, -0.2) is 9.79 Å². The van der Waals surface area contributed by atoms with Crippen LogP contribution in [0.1, 0.15) is 40.0 Å². The van der Waals surface area contributed by atoms with Gasteiger partial charge in [0.25, 0.3) is 0 Å². The van der Waals surface area contributed by atoms with Gasteiger partial charge < -0.3 is 19.9 Å². The van der Waals surface area contributed by atoms with Crippen LogP contribution < -0.4 is 10.0 Å². The highest BCUT2D eigenvalue weighted by atomic mass is 32.2. The Kier molecular flexibility index (Phi) is 4.25. The lowest BCUT2D eigenvalue weighted by atomic mass is 10.0. The van der Waals surface area contributed by atoms with Crippen LogP contribution in [0, 0.1) is 5.92 Å². The van der Waals surface area contributed by atoms with Crippen molar-refractivity contribution in [3.63, 3.8) is 0 Å². The highest BCUT2D eigenvalue weighted by molar-refractivity contribution is 7.98. The number of nitrogens with zero attached hydrogens (tertiary/aromatic N) is 1. The molecule has 1 aliphatic carbocycles. The van der Waals surface area contributed by atoms with E-state index in [9.17, 15) is 9.90 Å². The van der Waals surface area contributed by atoms with E-state index >= 15 is 0 Å². The summed E-state index contributed by atoms with van der Waals surface area (Å²) in [5.41, 5.74) is -1.23. The number of amidine groups is 1. The zero-order valence-corrected chi connectivity index (χ0v) is 12.3. The molecule has 0 bridgehead atoms. The minimum absolute atomic E-state index is 0.0204. The summed E-state index contributed by atoms with van der Waals surface area (Å²) >= 11 is 1.18. The van der Waals surface area contributed by atoms with Crippen molar-refractivity contribution in [1.82, 2.24) is 10.0 Å². The molecule has 0 aromatic carbocycles. The fourth-order valence-corrected chi connectivity index (χ4v) is 2.97. The molecule has 0 spiro atoms. The van der Waals surface area contributed by atoms with Crippen LogP contribution >= 0.6 is 11.9 Å². The largest absolute Gasteiger partial charge is 0.444 e. The molecule has 0 aromatic rings. The quantitative estimate of drug-likeness (QED) is 0.672. The monoisotopic (exact) mass is 287 g/mol. The molecule has 19 heavy (non-hydrogen) atoms. The Balaban J connectivity index is 1.92. The van der Waals surface area contributed by atoms with E-state index in [1.165, 1.54) is 11.9 Å². The minimum Gasteiger partial charge on any atom is -0.444 e. The number of aliphatic imine (C=N–C) groups is 1. The van der Waals surface area contributed by atoms with Crippen LogP contribution in [0.25, 0.3) is 0 Å². The van der Waals surface area contributed by atoms with Crippen LogP contribution in [0.15, 0.2) is 4.99 Å². The molecule has 2 aliphatic rings. The molecule has 0 aromatic heterocycles. The first-order chi connectivity index (χ1) is 8.85. The van der Waals surface area contributed by atoms with Gasteiger partial charge in [0.2, 0.25) is 5.56 Å². The van der Waals surface area contributed by atoms with Gasteiger partial charge in [0.05, 0.1) is 0 Å². The third-order valence-electron chi connectivity index (χ3n) is 3.09. The fraction of sp³-hybridized carbons (Fsp3) is 0.833. The van der Waals surface area contributed by atoms with Crippen molar-refractivity contribution in [2.24, 2.45) is 10.9 Å². The molecule has 1 amide bonds. The van der Waals surface area contributed by atoms with E-state index in [1.807, 2.05) is 20.8 Å². The molecule has 1 fully saturated rings.